The predicted molar refractivity (Wildman–Crippen MR) is 117 cm³/mol. The zero-order chi connectivity index (χ0) is 19.2. The van der Waals surface area contributed by atoms with Gasteiger partial charge in [-0.2, -0.15) is 0 Å². The Morgan fingerprint density at radius 2 is 1.33 bits per heavy atom. The third-order valence-electron chi connectivity index (χ3n) is 6.19. The highest BCUT2D eigenvalue weighted by Gasteiger charge is 2.35. The molecule has 0 aromatic heterocycles. The van der Waals surface area contributed by atoms with Crippen molar-refractivity contribution in [2.24, 2.45) is 11.8 Å². The van der Waals surface area contributed by atoms with Crippen LogP contribution < -0.4 is 0 Å². The number of unbranched alkanes of at least 4 members (excludes halogenated alkanes) is 11. The standard InChI is InChI=1S/C26H42O/c1-2-3-4-5-6-7-8-9-10-11-12-16-19-25(24-20-21-24)26(27)22-23-17-14-13-15-18-23/h13-15,17-18,24-25H,2-12,16,19-22H2,1H3. The van der Waals surface area contributed by atoms with Crippen molar-refractivity contribution in [1.82, 2.24) is 0 Å². The topological polar surface area (TPSA) is 17.1 Å². The Balaban J connectivity index is 1.48. The van der Waals surface area contributed by atoms with E-state index in [-0.39, 0.29) is 0 Å². The number of ketones is 1. The average molecular weight is 371 g/mol. The number of hydrogen-bond acceptors (Lipinski definition) is 1. The van der Waals surface area contributed by atoms with E-state index >= 15 is 0 Å². The molecule has 1 nitrogen and oxygen atoms in total. The molecule has 152 valence electrons. The van der Waals surface area contributed by atoms with Gasteiger partial charge in [0.05, 0.1) is 0 Å². The predicted octanol–water partition coefficient (Wildman–Crippen LogP) is 7.92. The fourth-order valence-electron chi connectivity index (χ4n) is 4.29. The summed E-state index contributed by atoms with van der Waals surface area (Å²) in [5, 5.41) is 0. The summed E-state index contributed by atoms with van der Waals surface area (Å²) in [6.45, 7) is 2.28. The van der Waals surface area contributed by atoms with Gasteiger partial charge in [0, 0.05) is 12.3 Å². The molecule has 1 saturated carbocycles. The molecule has 0 heterocycles. The summed E-state index contributed by atoms with van der Waals surface area (Å²) < 4.78 is 0. The largest absolute Gasteiger partial charge is 0.299 e. The lowest BCUT2D eigenvalue weighted by Crippen LogP contribution is -2.19. The van der Waals surface area contributed by atoms with E-state index in [0.717, 1.165) is 6.42 Å². The van der Waals surface area contributed by atoms with E-state index in [1.165, 1.54) is 95.5 Å². The number of rotatable bonds is 17. The molecule has 0 amide bonds. The van der Waals surface area contributed by atoms with Crippen molar-refractivity contribution < 1.29 is 4.79 Å². The van der Waals surface area contributed by atoms with Crippen molar-refractivity contribution >= 4 is 5.78 Å². The number of benzene rings is 1. The highest BCUT2D eigenvalue weighted by Crippen LogP contribution is 2.40. The number of Topliss-reactive ketones (excluding diaryl/α,β-unsaturated/α-hetero) is 1. The van der Waals surface area contributed by atoms with Gasteiger partial charge in [-0.15, -0.1) is 0 Å². The van der Waals surface area contributed by atoms with Gasteiger partial charge in [-0.1, -0.05) is 114 Å². The number of carbonyl (C=O) groups excluding carboxylic acids is 1. The van der Waals surface area contributed by atoms with Gasteiger partial charge in [0.1, 0.15) is 5.78 Å². The monoisotopic (exact) mass is 370 g/mol. The minimum Gasteiger partial charge on any atom is -0.299 e. The summed E-state index contributed by atoms with van der Waals surface area (Å²) in [7, 11) is 0. The van der Waals surface area contributed by atoms with Gasteiger partial charge in [0.15, 0.2) is 0 Å². The number of carbonyl (C=O) groups is 1. The maximum absolute atomic E-state index is 12.7. The van der Waals surface area contributed by atoms with Gasteiger partial charge in [-0.25, -0.2) is 0 Å². The van der Waals surface area contributed by atoms with E-state index in [1.807, 2.05) is 18.2 Å². The Morgan fingerprint density at radius 3 is 1.85 bits per heavy atom. The third-order valence-corrected chi connectivity index (χ3v) is 6.19. The Bertz CT molecular complexity index is 488. The molecule has 1 atom stereocenters. The van der Waals surface area contributed by atoms with Gasteiger partial charge in [0.25, 0.3) is 0 Å². The lowest BCUT2D eigenvalue weighted by atomic mass is 9.88. The molecule has 1 unspecified atom stereocenters. The van der Waals surface area contributed by atoms with Gasteiger partial charge >= 0.3 is 0 Å². The lowest BCUT2D eigenvalue weighted by molar-refractivity contribution is -0.123. The summed E-state index contributed by atoms with van der Waals surface area (Å²) in [6, 6.07) is 10.3. The second-order valence-corrected chi connectivity index (χ2v) is 8.75. The molecular weight excluding hydrogens is 328 g/mol. The molecule has 0 aliphatic heterocycles. The lowest BCUT2D eigenvalue weighted by Gasteiger charge is -2.15. The molecule has 0 radical (unpaired) electrons. The SMILES string of the molecule is CCCCCCCCCCCCCCC(C(=O)Cc1ccccc1)C1CC1. The molecule has 1 aromatic carbocycles. The first kappa shape index (κ1) is 22.2. The van der Waals surface area contributed by atoms with E-state index < -0.39 is 0 Å². The van der Waals surface area contributed by atoms with Crippen LogP contribution in [0.3, 0.4) is 0 Å². The summed E-state index contributed by atoms with van der Waals surface area (Å²) >= 11 is 0. The van der Waals surface area contributed by atoms with E-state index in [0.29, 0.717) is 24.0 Å². The maximum Gasteiger partial charge on any atom is 0.140 e. The van der Waals surface area contributed by atoms with Crippen LogP contribution in [0.25, 0.3) is 0 Å². The van der Waals surface area contributed by atoms with Gasteiger partial charge in [-0.3, -0.25) is 4.79 Å². The Morgan fingerprint density at radius 1 is 0.815 bits per heavy atom. The van der Waals surface area contributed by atoms with Crippen LogP contribution in [-0.2, 0) is 11.2 Å². The second-order valence-electron chi connectivity index (χ2n) is 8.75. The molecule has 1 aromatic rings. The summed E-state index contributed by atoms with van der Waals surface area (Å²) in [5.74, 6) is 1.54. The van der Waals surface area contributed by atoms with Crippen molar-refractivity contribution in [2.75, 3.05) is 0 Å². The van der Waals surface area contributed by atoms with Crippen molar-refractivity contribution in [3.63, 3.8) is 0 Å². The highest BCUT2D eigenvalue weighted by atomic mass is 16.1. The Kier molecular flexibility index (Phi) is 11.5. The first-order chi connectivity index (χ1) is 13.3. The van der Waals surface area contributed by atoms with Crippen molar-refractivity contribution in [3.05, 3.63) is 35.9 Å². The zero-order valence-electron chi connectivity index (χ0n) is 17.8. The minimum absolute atomic E-state index is 0.341. The van der Waals surface area contributed by atoms with Crippen LogP contribution >= 0.6 is 0 Å². The van der Waals surface area contributed by atoms with Crippen LogP contribution in [0.1, 0.15) is 109 Å². The van der Waals surface area contributed by atoms with Crippen LogP contribution in [0, 0.1) is 11.8 Å². The third kappa shape index (κ3) is 10.1. The molecule has 0 spiro atoms. The quantitative estimate of drug-likeness (QED) is 0.254. The van der Waals surface area contributed by atoms with E-state index in [2.05, 4.69) is 19.1 Å². The summed E-state index contributed by atoms with van der Waals surface area (Å²) in [6.07, 6.45) is 21.0. The zero-order valence-corrected chi connectivity index (χ0v) is 17.8. The Hall–Kier alpha value is -1.11. The smallest absolute Gasteiger partial charge is 0.140 e. The van der Waals surface area contributed by atoms with Gasteiger partial charge < -0.3 is 0 Å². The molecule has 0 N–H and O–H groups in total. The van der Waals surface area contributed by atoms with Crippen LogP contribution in [0.2, 0.25) is 0 Å². The molecule has 2 rings (SSSR count). The minimum atomic E-state index is 0.341. The van der Waals surface area contributed by atoms with Crippen LogP contribution in [0.5, 0.6) is 0 Å². The number of hydrogen-bond donors (Lipinski definition) is 0. The van der Waals surface area contributed by atoms with Crippen molar-refractivity contribution in [3.8, 4) is 0 Å². The van der Waals surface area contributed by atoms with Crippen LogP contribution in [0.4, 0.5) is 0 Å². The molecule has 1 aliphatic carbocycles. The molecule has 27 heavy (non-hydrogen) atoms. The van der Waals surface area contributed by atoms with Crippen LogP contribution in [0.15, 0.2) is 30.3 Å². The second kappa shape index (κ2) is 14.0. The van der Waals surface area contributed by atoms with Crippen molar-refractivity contribution in [1.29, 1.82) is 0 Å². The van der Waals surface area contributed by atoms with Crippen LogP contribution in [-0.4, -0.2) is 5.78 Å². The van der Waals surface area contributed by atoms with E-state index in [1.54, 1.807) is 0 Å². The molecule has 0 bridgehead atoms. The molecule has 0 saturated heterocycles. The first-order valence-corrected chi connectivity index (χ1v) is 11.9. The highest BCUT2D eigenvalue weighted by molar-refractivity contribution is 5.83. The molecule has 1 heteroatoms. The van der Waals surface area contributed by atoms with E-state index in [4.69, 9.17) is 0 Å². The fraction of sp³-hybridized carbons (Fsp3) is 0.731. The molecule has 1 aliphatic rings. The Labute approximate surface area is 168 Å². The molecular formula is C26H42O. The summed E-state index contributed by atoms with van der Waals surface area (Å²) in [4.78, 5) is 12.7. The normalized spacial score (nSPS) is 15.0. The van der Waals surface area contributed by atoms with Gasteiger partial charge in [0.2, 0.25) is 0 Å². The first-order valence-electron chi connectivity index (χ1n) is 11.9. The average Bonchev–Trinajstić information content (AvgIpc) is 3.51. The van der Waals surface area contributed by atoms with Crippen molar-refractivity contribution in [2.45, 2.75) is 110 Å². The summed E-state index contributed by atoms with van der Waals surface area (Å²) in [5.41, 5.74) is 1.18. The van der Waals surface area contributed by atoms with Gasteiger partial charge in [-0.05, 0) is 30.7 Å². The van der Waals surface area contributed by atoms with E-state index in [9.17, 15) is 4.79 Å². The molecule has 1 fully saturated rings. The maximum atomic E-state index is 12.7. The fourth-order valence-corrected chi connectivity index (χ4v) is 4.29.